The van der Waals surface area contributed by atoms with Gasteiger partial charge in [-0.1, -0.05) is 11.5 Å². The number of nitriles is 1. The molecule has 2 aromatic rings. The number of amides is 2. The highest BCUT2D eigenvalue weighted by atomic mass is 32.1. The number of benzene rings is 1. The van der Waals surface area contributed by atoms with E-state index in [0.717, 1.165) is 4.90 Å². The third kappa shape index (κ3) is 3.67. The van der Waals surface area contributed by atoms with Crippen molar-refractivity contribution in [1.29, 1.82) is 5.26 Å². The predicted octanol–water partition coefficient (Wildman–Crippen LogP) is -1.99. The fourth-order valence-corrected chi connectivity index (χ4v) is 5.46. The largest absolute Gasteiger partial charge is 0.505 e. The van der Waals surface area contributed by atoms with Gasteiger partial charge in [0, 0.05) is 18.3 Å². The van der Waals surface area contributed by atoms with Gasteiger partial charge in [0.05, 0.1) is 5.56 Å². The number of pyridine rings is 1. The number of rotatable bonds is 3. The van der Waals surface area contributed by atoms with E-state index >= 15 is 4.39 Å². The van der Waals surface area contributed by atoms with Crippen LogP contribution in [0.25, 0.3) is 0 Å². The van der Waals surface area contributed by atoms with E-state index in [1.807, 2.05) is 0 Å². The molecule has 4 rings (SSSR count). The van der Waals surface area contributed by atoms with E-state index in [9.17, 15) is 33.1 Å². The summed E-state index contributed by atoms with van der Waals surface area (Å²) in [4.78, 5) is 31.8. The molecule has 8 nitrogen and oxygen atoms in total. The Hall–Kier alpha value is -3.60. The van der Waals surface area contributed by atoms with Crippen molar-refractivity contribution in [3.05, 3.63) is 28.7 Å². The Balaban J connectivity index is 1.96. The summed E-state index contributed by atoms with van der Waals surface area (Å²) in [5.41, 5.74) is -4.42. The average Bonchev–Trinajstić information content (AvgIpc) is 3.01. The lowest BCUT2D eigenvalue weighted by atomic mass is 9.73. The molecule has 1 aromatic carbocycles. The van der Waals surface area contributed by atoms with Gasteiger partial charge in [-0.25, -0.2) is 14.3 Å². The normalized spacial score (nSPS) is 16.6. The minimum Gasteiger partial charge on any atom is -0.505 e. The van der Waals surface area contributed by atoms with Crippen molar-refractivity contribution in [2.75, 3.05) is 16.8 Å². The number of nitrogens with zero attached hydrogens (tertiary/aromatic N) is 4. The Labute approximate surface area is 216 Å². The smallest absolute Gasteiger partial charge is 0.422 e. The second-order valence-corrected chi connectivity index (χ2v) is 9.34. The summed E-state index contributed by atoms with van der Waals surface area (Å²) in [7, 11) is 5.62. The first kappa shape index (κ1) is 26.5. The van der Waals surface area contributed by atoms with Gasteiger partial charge in [-0.3, -0.25) is 9.59 Å². The highest BCUT2D eigenvalue weighted by Gasteiger charge is 2.61. The van der Waals surface area contributed by atoms with Crippen molar-refractivity contribution >= 4 is 80.6 Å². The van der Waals surface area contributed by atoms with Crippen molar-refractivity contribution in [3.63, 3.8) is 0 Å². The van der Waals surface area contributed by atoms with Crippen LogP contribution in [0.2, 0.25) is 0 Å². The molecule has 2 aliphatic rings. The van der Waals surface area contributed by atoms with Gasteiger partial charge >= 0.3 is 6.18 Å². The molecular formula is C21H18B3F4N5O3S. The van der Waals surface area contributed by atoms with Crippen LogP contribution in [0.15, 0.2) is 6.07 Å². The summed E-state index contributed by atoms with van der Waals surface area (Å²) in [6.45, 7) is 0. The van der Waals surface area contributed by atoms with Gasteiger partial charge in [-0.2, -0.15) is 18.4 Å². The Morgan fingerprint density at radius 3 is 2.41 bits per heavy atom. The zero-order valence-electron chi connectivity index (χ0n) is 20.2. The molecule has 1 aliphatic heterocycles. The zero-order valence-corrected chi connectivity index (χ0v) is 21.0. The molecule has 2 amide bonds. The monoisotopic (exact) mass is 529 g/mol. The third-order valence-corrected chi connectivity index (χ3v) is 7.24. The molecule has 16 heteroatoms. The van der Waals surface area contributed by atoms with E-state index in [0.29, 0.717) is 11.9 Å². The third-order valence-electron chi connectivity index (χ3n) is 6.88. The van der Waals surface area contributed by atoms with Gasteiger partial charge in [0.15, 0.2) is 24.4 Å². The number of nitrogens with one attached hydrogen (secondary N) is 1. The average molecular weight is 529 g/mol. The number of thiocarbonyl (C=S) groups is 1. The maximum atomic E-state index is 15.3. The van der Waals surface area contributed by atoms with Crippen LogP contribution < -0.4 is 31.6 Å². The van der Waals surface area contributed by atoms with E-state index < -0.39 is 52.0 Å². The van der Waals surface area contributed by atoms with Crippen LogP contribution >= 0.6 is 12.2 Å². The molecule has 2 fully saturated rings. The Morgan fingerprint density at radius 2 is 1.92 bits per heavy atom. The van der Waals surface area contributed by atoms with Crippen LogP contribution in [0.3, 0.4) is 0 Å². The van der Waals surface area contributed by atoms with Crippen LogP contribution in [0.5, 0.6) is 5.75 Å². The van der Waals surface area contributed by atoms with E-state index in [2.05, 4.69) is 10.3 Å². The minimum absolute atomic E-state index is 0.0248. The van der Waals surface area contributed by atoms with Crippen LogP contribution in [-0.2, 0) is 11.0 Å². The number of carbonyl (C=O) groups is 2. The van der Waals surface area contributed by atoms with Gasteiger partial charge in [0.2, 0.25) is 0 Å². The quantitative estimate of drug-likeness (QED) is 0.270. The number of aromatic nitrogens is 1. The van der Waals surface area contributed by atoms with E-state index in [4.69, 9.17) is 12.2 Å². The number of anilines is 2. The van der Waals surface area contributed by atoms with Crippen LogP contribution in [-0.4, -0.2) is 63.1 Å². The molecule has 1 saturated heterocycles. The van der Waals surface area contributed by atoms with Gasteiger partial charge < -0.3 is 15.3 Å². The van der Waals surface area contributed by atoms with Gasteiger partial charge in [-0.15, -0.1) is 0 Å². The van der Waals surface area contributed by atoms with Crippen molar-refractivity contribution in [3.8, 4) is 11.8 Å². The summed E-state index contributed by atoms with van der Waals surface area (Å²) in [6, 6.07) is 2.64. The van der Waals surface area contributed by atoms with Crippen molar-refractivity contribution in [2.24, 2.45) is 0 Å². The Kier molecular flexibility index (Phi) is 6.27. The lowest BCUT2D eigenvalue weighted by molar-refractivity contribution is -0.139. The molecule has 2 N–H and O–H groups in total. The predicted molar refractivity (Wildman–Crippen MR) is 139 cm³/mol. The minimum atomic E-state index is -5.14. The second-order valence-electron chi connectivity index (χ2n) is 8.98. The topological polar surface area (TPSA) is 110 Å². The lowest BCUT2D eigenvalue weighted by Gasteiger charge is -2.44. The molecule has 2 heterocycles. The highest BCUT2D eigenvalue weighted by Crippen LogP contribution is 2.49. The molecule has 1 saturated carbocycles. The van der Waals surface area contributed by atoms with Crippen molar-refractivity contribution in [2.45, 2.75) is 31.0 Å². The number of alkyl halides is 3. The number of hydrogen-bond acceptors (Lipinski definition) is 6. The first-order valence-electron chi connectivity index (χ1n) is 11.1. The van der Waals surface area contributed by atoms with Gasteiger partial charge in [0.1, 0.15) is 44.4 Å². The Morgan fingerprint density at radius 1 is 1.30 bits per heavy atom. The summed E-state index contributed by atoms with van der Waals surface area (Å²) in [5, 5.41) is 22.0. The van der Waals surface area contributed by atoms with E-state index in [1.54, 1.807) is 7.85 Å². The summed E-state index contributed by atoms with van der Waals surface area (Å²) in [6.07, 6.45) is -4.00. The first-order valence-corrected chi connectivity index (χ1v) is 11.5. The highest BCUT2D eigenvalue weighted by molar-refractivity contribution is 7.81. The number of hydrogen-bond donors (Lipinski definition) is 2. The molecule has 37 heavy (non-hydrogen) atoms. The molecule has 1 aliphatic carbocycles. The van der Waals surface area contributed by atoms with Crippen molar-refractivity contribution < 1.29 is 32.3 Å². The maximum absolute atomic E-state index is 15.3. The molecular weight excluding hydrogens is 511 g/mol. The molecule has 1 aromatic heterocycles. The van der Waals surface area contributed by atoms with Crippen LogP contribution in [0.4, 0.5) is 28.9 Å². The van der Waals surface area contributed by atoms with E-state index in [-0.39, 0.29) is 40.3 Å². The zero-order chi connectivity index (χ0) is 27.6. The summed E-state index contributed by atoms with van der Waals surface area (Å²) < 4.78 is 56.6. The summed E-state index contributed by atoms with van der Waals surface area (Å²) in [5.74, 6) is -3.53. The van der Waals surface area contributed by atoms with Crippen molar-refractivity contribution in [1.82, 2.24) is 10.3 Å². The molecule has 0 radical (unpaired) electrons. The Bertz CT molecular complexity index is 1440. The van der Waals surface area contributed by atoms with Gasteiger partial charge in [0.25, 0.3) is 11.8 Å². The van der Waals surface area contributed by atoms with Gasteiger partial charge in [-0.05, 0) is 36.9 Å². The first-order chi connectivity index (χ1) is 17.2. The fraction of sp³-hybridized carbons (Fsp3) is 0.286. The fourth-order valence-electron chi connectivity index (χ4n) is 5.02. The van der Waals surface area contributed by atoms with Crippen LogP contribution in [0, 0.1) is 17.1 Å². The molecule has 1 spiro atoms. The standard InChI is InChI=1S/C21H18B3F4N5O3S/c1-30-17(35)7-5-8(22)13(11(23)12(7)25)33-19(37)32(18(36)20(33)3-2-4-20)14-15(34)10(21(26,27)28)9(6-29)31-16(14)24/h5H,2-4,22-24H2,1H3,(H,30,35)(H,31,34). The SMILES string of the molecule is Bc1cc(C(=O)NC)c(F)c(B)c1N1C(=S)N(c2c(B)nc(C#N)c(C(F)(F)F)c2O)C(=O)C12CCC2. The van der Waals surface area contributed by atoms with E-state index in [1.165, 1.54) is 39.8 Å². The van der Waals surface area contributed by atoms with Crippen LogP contribution in [0.1, 0.15) is 40.9 Å². The molecule has 0 unspecified atom stereocenters. The second kappa shape index (κ2) is 8.76. The molecule has 0 bridgehead atoms. The maximum Gasteiger partial charge on any atom is 0.422 e. The summed E-state index contributed by atoms with van der Waals surface area (Å²) >= 11 is 5.58. The number of halogens is 4. The number of aromatic hydroxyl groups is 1. The molecule has 0 atom stereocenters. The lowest BCUT2D eigenvalue weighted by Crippen LogP contribution is -2.57. The molecule has 188 valence electrons. The number of carbonyl (C=O) groups excluding carboxylic acids is 2.